The van der Waals surface area contributed by atoms with Gasteiger partial charge in [-0.05, 0) is 17.7 Å². The molecule has 4 nitrogen and oxygen atoms in total. The van der Waals surface area contributed by atoms with Crippen LogP contribution in [0.15, 0.2) is 53.7 Å². The Labute approximate surface area is 127 Å². The molecule has 0 fully saturated rings. The highest BCUT2D eigenvalue weighted by atomic mass is 32.2. The molecule has 1 aromatic carbocycles. The van der Waals surface area contributed by atoms with E-state index in [0.717, 1.165) is 22.2 Å². The second-order valence-electron chi connectivity index (χ2n) is 4.67. The van der Waals surface area contributed by atoms with Gasteiger partial charge >= 0.3 is 0 Å². The Morgan fingerprint density at radius 2 is 2.05 bits per heavy atom. The van der Waals surface area contributed by atoms with Crippen LogP contribution in [0.1, 0.15) is 11.1 Å². The maximum absolute atomic E-state index is 9.44. The van der Waals surface area contributed by atoms with E-state index in [0.29, 0.717) is 5.56 Å². The summed E-state index contributed by atoms with van der Waals surface area (Å²) in [5, 5.41) is 17.5. The van der Waals surface area contributed by atoms with Crippen molar-refractivity contribution in [1.82, 2.24) is 14.8 Å². The van der Waals surface area contributed by atoms with Crippen molar-refractivity contribution in [2.24, 2.45) is 7.05 Å². The molecule has 2 aromatic heterocycles. The summed E-state index contributed by atoms with van der Waals surface area (Å²) >= 11 is 1.57. The third-order valence-corrected chi connectivity index (χ3v) is 4.31. The lowest BCUT2D eigenvalue weighted by molar-refractivity contribution is 0.923. The van der Waals surface area contributed by atoms with Crippen LogP contribution < -0.4 is 0 Å². The van der Waals surface area contributed by atoms with Gasteiger partial charge in [0.25, 0.3) is 0 Å². The van der Waals surface area contributed by atoms with Gasteiger partial charge in [-0.2, -0.15) is 10.4 Å². The lowest BCUT2D eigenvalue weighted by Gasteiger charge is -2.01. The standard InChI is InChI=1S/C16H14N4S/c1-20-9-5-8-14(20)15-13(10-17)16(19-18-15)21-11-12-6-3-2-4-7-12/h2-9H,11H2,1H3,(H,18,19). The van der Waals surface area contributed by atoms with Crippen molar-refractivity contribution in [3.63, 3.8) is 0 Å². The second kappa shape index (κ2) is 5.90. The number of nitrogens with one attached hydrogen (secondary N) is 1. The molecule has 0 saturated heterocycles. The molecule has 21 heavy (non-hydrogen) atoms. The number of aromatic amines is 1. The number of nitriles is 1. The van der Waals surface area contributed by atoms with E-state index < -0.39 is 0 Å². The molecule has 0 aliphatic carbocycles. The van der Waals surface area contributed by atoms with Crippen LogP contribution in [0.2, 0.25) is 0 Å². The SMILES string of the molecule is Cn1cccc1-c1[nH]nc(SCc2ccccc2)c1C#N. The molecule has 0 spiro atoms. The zero-order valence-corrected chi connectivity index (χ0v) is 12.4. The van der Waals surface area contributed by atoms with Crippen molar-refractivity contribution >= 4 is 11.8 Å². The molecule has 0 amide bonds. The molecule has 5 heteroatoms. The average Bonchev–Trinajstić information content (AvgIpc) is 3.11. The van der Waals surface area contributed by atoms with E-state index in [4.69, 9.17) is 0 Å². The molecule has 0 aliphatic rings. The second-order valence-corrected chi connectivity index (χ2v) is 5.63. The number of aryl methyl sites for hydroxylation is 1. The van der Waals surface area contributed by atoms with Crippen molar-refractivity contribution in [3.8, 4) is 17.5 Å². The number of hydrogen-bond acceptors (Lipinski definition) is 3. The zero-order chi connectivity index (χ0) is 14.7. The van der Waals surface area contributed by atoms with Crippen molar-refractivity contribution in [2.45, 2.75) is 10.8 Å². The monoisotopic (exact) mass is 294 g/mol. The summed E-state index contributed by atoms with van der Waals surface area (Å²) in [7, 11) is 1.95. The number of rotatable bonds is 4. The summed E-state index contributed by atoms with van der Waals surface area (Å²) in [4.78, 5) is 0. The minimum Gasteiger partial charge on any atom is -0.349 e. The average molecular weight is 294 g/mol. The highest BCUT2D eigenvalue weighted by molar-refractivity contribution is 7.98. The van der Waals surface area contributed by atoms with E-state index in [2.05, 4.69) is 28.4 Å². The fourth-order valence-corrected chi connectivity index (χ4v) is 3.06. The molecular formula is C16H14N4S. The summed E-state index contributed by atoms with van der Waals surface area (Å²) in [5.74, 6) is 0.799. The molecule has 0 saturated carbocycles. The highest BCUT2D eigenvalue weighted by Gasteiger charge is 2.16. The van der Waals surface area contributed by atoms with E-state index in [1.165, 1.54) is 5.56 Å². The van der Waals surface area contributed by atoms with Gasteiger partial charge in [0.1, 0.15) is 22.4 Å². The maximum Gasteiger partial charge on any atom is 0.137 e. The molecule has 0 radical (unpaired) electrons. The lowest BCUT2D eigenvalue weighted by Crippen LogP contribution is -1.91. The van der Waals surface area contributed by atoms with Crippen molar-refractivity contribution in [2.75, 3.05) is 0 Å². The first-order chi connectivity index (χ1) is 10.3. The number of nitrogens with zero attached hydrogens (tertiary/aromatic N) is 3. The third-order valence-electron chi connectivity index (χ3n) is 3.26. The van der Waals surface area contributed by atoms with Gasteiger partial charge in [0.15, 0.2) is 0 Å². The first-order valence-corrected chi connectivity index (χ1v) is 7.55. The van der Waals surface area contributed by atoms with Crippen molar-refractivity contribution in [1.29, 1.82) is 5.26 Å². The summed E-state index contributed by atoms with van der Waals surface area (Å²) in [6.45, 7) is 0. The Kier molecular flexibility index (Phi) is 3.80. The van der Waals surface area contributed by atoms with Gasteiger partial charge in [-0.15, -0.1) is 0 Å². The van der Waals surface area contributed by atoms with Crippen LogP contribution in [-0.2, 0) is 12.8 Å². The zero-order valence-electron chi connectivity index (χ0n) is 11.6. The Balaban J connectivity index is 1.86. The minimum absolute atomic E-state index is 0.609. The van der Waals surface area contributed by atoms with Gasteiger partial charge in [0.05, 0.1) is 5.69 Å². The van der Waals surface area contributed by atoms with Crippen molar-refractivity contribution in [3.05, 3.63) is 59.8 Å². The van der Waals surface area contributed by atoms with Gasteiger partial charge in [-0.1, -0.05) is 42.1 Å². The van der Waals surface area contributed by atoms with E-state index in [1.807, 2.05) is 48.1 Å². The first kappa shape index (κ1) is 13.5. The fourth-order valence-electron chi connectivity index (χ4n) is 2.17. The first-order valence-electron chi connectivity index (χ1n) is 6.56. The predicted octanol–water partition coefficient (Wildman–Crippen LogP) is 3.58. The topological polar surface area (TPSA) is 57.4 Å². The quantitative estimate of drug-likeness (QED) is 0.748. The Morgan fingerprint density at radius 3 is 2.71 bits per heavy atom. The Bertz CT molecular complexity index is 780. The molecule has 0 unspecified atom stereocenters. The predicted molar refractivity (Wildman–Crippen MR) is 83.7 cm³/mol. The molecule has 0 atom stereocenters. The molecule has 0 bridgehead atoms. The van der Waals surface area contributed by atoms with Crippen LogP contribution in [0.5, 0.6) is 0 Å². The minimum atomic E-state index is 0.609. The van der Waals surface area contributed by atoms with E-state index in [1.54, 1.807) is 11.8 Å². The number of H-pyrrole nitrogens is 1. The van der Waals surface area contributed by atoms with Crippen LogP contribution in [0.25, 0.3) is 11.4 Å². The molecular weight excluding hydrogens is 280 g/mol. The number of hydrogen-bond donors (Lipinski definition) is 1. The van der Waals surface area contributed by atoms with Crippen LogP contribution >= 0.6 is 11.8 Å². The van der Waals surface area contributed by atoms with Gasteiger partial charge in [0.2, 0.25) is 0 Å². The molecule has 1 N–H and O–H groups in total. The Morgan fingerprint density at radius 1 is 1.24 bits per heavy atom. The Hall–Kier alpha value is -2.45. The number of aromatic nitrogens is 3. The number of thioether (sulfide) groups is 1. The summed E-state index contributed by atoms with van der Waals surface area (Å²) in [5.41, 5.74) is 3.57. The van der Waals surface area contributed by atoms with E-state index >= 15 is 0 Å². The molecule has 104 valence electrons. The number of benzene rings is 1. The normalized spacial score (nSPS) is 10.5. The van der Waals surface area contributed by atoms with Crippen molar-refractivity contribution < 1.29 is 0 Å². The molecule has 0 aliphatic heterocycles. The summed E-state index contributed by atoms with van der Waals surface area (Å²) in [6.07, 6.45) is 1.95. The highest BCUT2D eigenvalue weighted by Crippen LogP contribution is 2.30. The largest absolute Gasteiger partial charge is 0.349 e. The maximum atomic E-state index is 9.44. The van der Waals surface area contributed by atoms with E-state index in [-0.39, 0.29) is 0 Å². The molecule has 2 heterocycles. The summed E-state index contributed by atoms with van der Waals surface area (Å²) in [6, 6.07) is 16.4. The van der Waals surface area contributed by atoms with E-state index in [9.17, 15) is 5.26 Å². The fraction of sp³-hybridized carbons (Fsp3) is 0.125. The summed E-state index contributed by atoms with van der Waals surface area (Å²) < 4.78 is 1.97. The molecule has 3 rings (SSSR count). The molecule has 3 aromatic rings. The van der Waals surface area contributed by atoms with Gasteiger partial charge < -0.3 is 4.57 Å². The van der Waals surface area contributed by atoms with Crippen LogP contribution in [-0.4, -0.2) is 14.8 Å². The van der Waals surface area contributed by atoms with Gasteiger partial charge in [0, 0.05) is 19.0 Å². The lowest BCUT2D eigenvalue weighted by atomic mass is 10.2. The smallest absolute Gasteiger partial charge is 0.137 e. The van der Waals surface area contributed by atoms with Crippen LogP contribution in [0, 0.1) is 11.3 Å². The van der Waals surface area contributed by atoms with Crippen LogP contribution in [0.3, 0.4) is 0 Å². The van der Waals surface area contributed by atoms with Gasteiger partial charge in [-0.3, -0.25) is 5.10 Å². The third kappa shape index (κ3) is 2.71. The van der Waals surface area contributed by atoms with Crippen LogP contribution in [0.4, 0.5) is 0 Å². The van der Waals surface area contributed by atoms with Gasteiger partial charge in [-0.25, -0.2) is 0 Å².